The van der Waals surface area contributed by atoms with Crippen molar-refractivity contribution in [1.29, 1.82) is 0 Å². The Morgan fingerprint density at radius 1 is 1.16 bits per heavy atom. The van der Waals surface area contributed by atoms with Crippen LogP contribution >= 0.6 is 11.6 Å². The predicted octanol–water partition coefficient (Wildman–Crippen LogP) is 4.75. The van der Waals surface area contributed by atoms with Gasteiger partial charge in [-0.1, -0.05) is 18.5 Å². The summed E-state index contributed by atoms with van der Waals surface area (Å²) in [6.45, 7) is 3.51. The number of amides is 1. The second kappa shape index (κ2) is 9.39. The molecule has 0 unspecified atom stereocenters. The van der Waals surface area contributed by atoms with Gasteiger partial charge in [0, 0.05) is 54.4 Å². The molecule has 0 spiro atoms. The lowest BCUT2D eigenvalue weighted by Gasteiger charge is -2.32. The summed E-state index contributed by atoms with van der Waals surface area (Å²) in [6.07, 6.45) is 5.69. The third kappa shape index (κ3) is 4.99. The van der Waals surface area contributed by atoms with Gasteiger partial charge in [-0.25, -0.2) is 14.4 Å². The highest BCUT2D eigenvalue weighted by Gasteiger charge is 2.26. The Labute approximate surface area is 185 Å². The summed E-state index contributed by atoms with van der Waals surface area (Å²) in [5, 5.41) is 2.84. The van der Waals surface area contributed by atoms with Crippen molar-refractivity contribution in [2.24, 2.45) is 5.92 Å². The van der Waals surface area contributed by atoms with Crippen molar-refractivity contribution in [1.82, 2.24) is 15.0 Å². The van der Waals surface area contributed by atoms with E-state index in [2.05, 4.69) is 27.1 Å². The number of rotatable bonds is 5. The average Bonchev–Trinajstić information content (AvgIpc) is 2.81. The lowest BCUT2D eigenvalue weighted by molar-refractivity contribution is -0.120. The van der Waals surface area contributed by atoms with E-state index < -0.39 is 5.82 Å². The Kier molecular flexibility index (Phi) is 6.42. The molecule has 0 aliphatic carbocycles. The number of nitrogens with one attached hydrogen (secondary N) is 1. The van der Waals surface area contributed by atoms with Crippen LogP contribution in [0.2, 0.25) is 5.02 Å². The van der Waals surface area contributed by atoms with Crippen molar-refractivity contribution < 1.29 is 9.18 Å². The van der Waals surface area contributed by atoms with E-state index in [0.29, 0.717) is 24.4 Å². The molecule has 8 heteroatoms. The summed E-state index contributed by atoms with van der Waals surface area (Å²) in [5.41, 5.74) is 2.41. The van der Waals surface area contributed by atoms with Crippen LogP contribution in [-0.2, 0) is 11.2 Å². The number of hydrogen-bond donors (Lipinski definition) is 1. The number of aromatic nitrogens is 3. The third-order valence-electron chi connectivity index (χ3n) is 5.44. The zero-order chi connectivity index (χ0) is 21.8. The number of nitrogens with zero attached hydrogens (tertiary/aromatic N) is 4. The molecule has 1 aliphatic rings. The summed E-state index contributed by atoms with van der Waals surface area (Å²) in [4.78, 5) is 28.3. The molecule has 3 aromatic rings. The standard InChI is InChI=1S/C23H23ClFN5O/c1-2-17-14-21(29-22(27-17)15-5-9-26-10-6-15)30-11-7-16(8-12-30)23(31)28-18-3-4-20(25)19(24)13-18/h3-6,9-10,13-14,16H,2,7-8,11-12H2,1H3,(H,28,31). The summed E-state index contributed by atoms with van der Waals surface area (Å²) >= 11 is 5.80. The van der Waals surface area contributed by atoms with E-state index in [9.17, 15) is 9.18 Å². The van der Waals surface area contributed by atoms with Crippen LogP contribution in [0.15, 0.2) is 48.8 Å². The normalized spacial score (nSPS) is 14.5. The highest BCUT2D eigenvalue weighted by atomic mass is 35.5. The second-order valence-corrected chi connectivity index (χ2v) is 7.92. The van der Waals surface area contributed by atoms with Gasteiger partial charge in [0.2, 0.25) is 5.91 Å². The molecule has 0 saturated carbocycles. The smallest absolute Gasteiger partial charge is 0.227 e. The van der Waals surface area contributed by atoms with E-state index in [-0.39, 0.29) is 16.8 Å². The molecule has 1 saturated heterocycles. The minimum Gasteiger partial charge on any atom is -0.356 e. The molecular formula is C23H23ClFN5O. The Morgan fingerprint density at radius 2 is 1.90 bits per heavy atom. The number of anilines is 2. The molecule has 6 nitrogen and oxygen atoms in total. The maximum atomic E-state index is 13.3. The molecule has 0 atom stereocenters. The molecule has 0 radical (unpaired) electrons. The van der Waals surface area contributed by atoms with Crippen molar-refractivity contribution >= 4 is 29.0 Å². The molecule has 1 fully saturated rings. The van der Waals surface area contributed by atoms with E-state index in [1.54, 1.807) is 12.4 Å². The number of piperidine rings is 1. The van der Waals surface area contributed by atoms with E-state index in [1.807, 2.05) is 18.2 Å². The number of carbonyl (C=O) groups is 1. The lowest BCUT2D eigenvalue weighted by Crippen LogP contribution is -2.38. The summed E-state index contributed by atoms with van der Waals surface area (Å²) < 4.78 is 13.3. The number of hydrogen-bond acceptors (Lipinski definition) is 5. The SMILES string of the molecule is CCc1cc(N2CCC(C(=O)Nc3ccc(F)c(Cl)c3)CC2)nc(-c2ccncc2)n1. The molecule has 1 N–H and O–H groups in total. The lowest BCUT2D eigenvalue weighted by atomic mass is 9.95. The molecule has 31 heavy (non-hydrogen) atoms. The highest BCUT2D eigenvalue weighted by molar-refractivity contribution is 6.31. The van der Waals surface area contributed by atoms with Gasteiger partial charge in [-0.15, -0.1) is 0 Å². The van der Waals surface area contributed by atoms with Gasteiger partial charge >= 0.3 is 0 Å². The second-order valence-electron chi connectivity index (χ2n) is 7.51. The Hall–Kier alpha value is -3.06. The fraction of sp³-hybridized carbons (Fsp3) is 0.304. The number of aryl methyl sites for hydroxylation is 1. The van der Waals surface area contributed by atoms with E-state index >= 15 is 0 Å². The maximum Gasteiger partial charge on any atom is 0.227 e. The van der Waals surface area contributed by atoms with Crippen LogP contribution in [0.25, 0.3) is 11.4 Å². The molecule has 4 rings (SSSR count). The molecule has 1 aromatic carbocycles. The highest BCUT2D eigenvalue weighted by Crippen LogP contribution is 2.26. The van der Waals surface area contributed by atoms with Gasteiger partial charge in [-0.2, -0.15) is 0 Å². The molecule has 1 aliphatic heterocycles. The van der Waals surface area contributed by atoms with Gasteiger partial charge in [-0.05, 0) is 49.6 Å². The van der Waals surface area contributed by atoms with Crippen LogP contribution in [0.4, 0.5) is 15.9 Å². The van der Waals surface area contributed by atoms with Crippen LogP contribution in [0.1, 0.15) is 25.5 Å². The van der Waals surface area contributed by atoms with Gasteiger partial charge in [0.15, 0.2) is 5.82 Å². The summed E-state index contributed by atoms with van der Waals surface area (Å²) in [5.74, 6) is 0.868. The number of carbonyl (C=O) groups excluding carboxylic acids is 1. The number of halogens is 2. The zero-order valence-corrected chi connectivity index (χ0v) is 17.9. The first-order chi connectivity index (χ1) is 15.0. The fourth-order valence-electron chi connectivity index (χ4n) is 3.65. The maximum absolute atomic E-state index is 13.3. The average molecular weight is 440 g/mol. The van der Waals surface area contributed by atoms with E-state index in [1.165, 1.54) is 18.2 Å². The van der Waals surface area contributed by atoms with Gasteiger partial charge < -0.3 is 10.2 Å². The minimum atomic E-state index is -0.504. The first-order valence-electron chi connectivity index (χ1n) is 10.3. The van der Waals surface area contributed by atoms with Crippen molar-refractivity contribution in [3.05, 3.63) is 65.3 Å². The largest absolute Gasteiger partial charge is 0.356 e. The minimum absolute atomic E-state index is 0.00638. The Morgan fingerprint density at radius 3 is 2.58 bits per heavy atom. The Balaban J connectivity index is 1.43. The zero-order valence-electron chi connectivity index (χ0n) is 17.2. The molecule has 3 heterocycles. The first-order valence-corrected chi connectivity index (χ1v) is 10.7. The summed E-state index contributed by atoms with van der Waals surface area (Å²) in [7, 11) is 0. The number of benzene rings is 1. The van der Waals surface area contributed by atoms with Crippen LogP contribution in [0, 0.1) is 11.7 Å². The van der Waals surface area contributed by atoms with Crippen molar-refractivity contribution in [3.63, 3.8) is 0 Å². The van der Waals surface area contributed by atoms with Gasteiger partial charge in [0.05, 0.1) is 5.02 Å². The topological polar surface area (TPSA) is 71.0 Å². The first kappa shape index (κ1) is 21.2. The van der Waals surface area contributed by atoms with Gasteiger partial charge in [0.1, 0.15) is 11.6 Å². The number of pyridine rings is 1. The molecule has 2 aromatic heterocycles. The molecular weight excluding hydrogens is 417 g/mol. The van der Waals surface area contributed by atoms with Gasteiger partial charge in [-0.3, -0.25) is 9.78 Å². The summed E-state index contributed by atoms with van der Waals surface area (Å²) in [6, 6.07) is 10.0. The quantitative estimate of drug-likeness (QED) is 0.621. The third-order valence-corrected chi connectivity index (χ3v) is 5.73. The molecule has 160 valence electrons. The monoisotopic (exact) mass is 439 g/mol. The van der Waals surface area contributed by atoms with Crippen molar-refractivity contribution in [3.8, 4) is 11.4 Å². The van der Waals surface area contributed by atoms with Crippen molar-refractivity contribution in [2.75, 3.05) is 23.3 Å². The molecule has 1 amide bonds. The van der Waals surface area contributed by atoms with E-state index in [4.69, 9.17) is 16.6 Å². The van der Waals surface area contributed by atoms with Gasteiger partial charge in [0.25, 0.3) is 0 Å². The van der Waals surface area contributed by atoms with Crippen molar-refractivity contribution in [2.45, 2.75) is 26.2 Å². The van der Waals surface area contributed by atoms with Crippen LogP contribution < -0.4 is 10.2 Å². The van der Waals surface area contributed by atoms with Crippen LogP contribution in [0.3, 0.4) is 0 Å². The predicted molar refractivity (Wildman–Crippen MR) is 120 cm³/mol. The fourth-order valence-corrected chi connectivity index (χ4v) is 3.83. The Bertz CT molecular complexity index is 1070. The van der Waals surface area contributed by atoms with Crippen LogP contribution in [0.5, 0.6) is 0 Å². The van der Waals surface area contributed by atoms with Crippen LogP contribution in [-0.4, -0.2) is 33.9 Å². The molecule has 0 bridgehead atoms. The van der Waals surface area contributed by atoms with E-state index in [0.717, 1.165) is 36.6 Å².